The smallest absolute Gasteiger partial charge is 0.246 e. The molecule has 0 aliphatic carbocycles. The van der Waals surface area contributed by atoms with E-state index in [0.717, 1.165) is 30.9 Å². The van der Waals surface area contributed by atoms with Crippen molar-refractivity contribution in [2.45, 2.75) is 20.8 Å². The standard InChI is InChI=1S/C10H17NO2/c1-7(2)8(3)10(12)11-4-9-5-13-6-9/h9H,4-6H2,1-3H3,(H,11,12). The van der Waals surface area contributed by atoms with Gasteiger partial charge in [-0.15, -0.1) is 0 Å². The quantitative estimate of drug-likeness (QED) is 0.665. The zero-order chi connectivity index (χ0) is 9.84. The molecule has 1 aliphatic heterocycles. The normalized spacial score (nSPS) is 16.2. The number of nitrogens with one attached hydrogen (secondary N) is 1. The summed E-state index contributed by atoms with van der Waals surface area (Å²) in [7, 11) is 0. The van der Waals surface area contributed by atoms with Crippen LogP contribution in [0.1, 0.15) is 20.8 Å². The molecule has 0 saturated carbocycles. The predicted molar refractivity (Wildman–Crippen MR) is 51.4 cm³/mol. The topological polar surface area (TPSA) is 38.3 Å². The van der Waals surface area contributed by atoms with Gasteiger partial charge in [0.25, 0.3) is 0 Å². The van der Waals surface area contributed by atoms with E-state index in [1.807, 2.05) is 20.8 Å². The molecule has 0 bridgehead atoms. The number of carbonyl (C=O) groups is 1. The average Bonchev–Trinajstić information content (AvgIpc) is 1.99. The maximum atomic E-state index is 11.4. The molecule has 1 fully saturated rings. The Morgan fingerprint density at radius 1 is 1.38 bits per heavy atom. The highest BCUT2D eigenvalue weighted by Gasteiger charge is 2.19. The van der Waals surface area contributed by atoms with Gasteiger partial charge in [-0.05, 0) is 20.8 Å². The molecule has 1 aliphatic rings. The highest BCUT2D eigenvalue weighted by molar-refractivity contribution is 5.93. The molecule has 0 radical (unpaired) electrons. The Bertz CT molecular complexity index is 225. The molecule has 0 aromatic heterocycles. The lowest BCUT2D eigenvalue weighted by Gasteiger charge is -2.26. The summed E-state index contributed by atoms with van der Waals surface area (Å²) in [6, 6.07) is 0. The van der Waals surface area contributed by atoms with E-state index in [9.17, 15) is 4.79 Å². The second-order valence-corrected chi connectivity index (χ2v) is 3.74. The van der Waals surface area contributed by atoms with E-state index < -0.39 is 0 Å². The van der Waals surface area contributed by atoms with E-state index in [1.54, 1.807) is 0 Å². The minimum atomic E-state index is 0.0481. The van der Waals surface area contributed by atoms with E-state index in [0.29, 0.717) is 5.92 Å². The SMILES string of the molecule is CC(C)=C(C)C(=O)NCC1COC1. The first-order valence-corrected chi connectivity index (χ1v) is 4.61. The zero-order valence-corrected chi connectivity index (χ0v) is 8.52. The molecule has 3 heteroatoms. The largest absolute Gasteiger partial charge is 0.381 e. The summed E-state index contributed by atoms with van der Waals surface area (Å²) >= 11 is 0. The Kier molecular flexibility index (Phi) is 3.48. The zero-order valence-electron chi connectivity index (χ0n) is 8.52. The summed E-state index contributed by atoms with van der Waals surface area (Å²) in [5.41, 5.74) is 1.89. The van der Waals surface area contributed by atoms with Crippen LogP contribution in [0.5, 0.6) is 0 Å². The molecule has 3 nitrogen and oxygen atoms in total. The van der Waals surface area contributed by atoms with Gasteiger partial charge in [0, 0.05) is 18.0 Å². The molecule has 0 unspecified atom stereocenters. The van der Waals surface area contributed by atoms with Crippen molar-refractivity contribution in [1.82, 2.24) is 5.32 Å². The van der Waals surface area contributed by atoms with E-state index in [2.05, 4.69) is 5.32 Å². The van der Waals surface area contributed by atoms with Crippen LogP contribution in [0.4, 0.5) is 0 Å². The number of carbonyl (C=O) groups excluding carboxylic acids is 1. The highest BCUT2D eigenvalue weighted by atomic mass is 16.5. The lowest BCUT2D eigenvalue weighted by molar-refractivity contribution is -0.118. The fourth-order valence-electron chi connectivity index (χ4n) is 0.999. The van der Waals surface area contributed by atoms with Crippen LogP contribution in [-0.2, 0) is 9.53 Å². The third-order valence-electron chi connectivity index (χ3n) is 2.35. The number of allylic oxidation sites excluding steroid dienone is 1. The Labute approximate surface area is 79.2 Å². The Hall–Kier alpha value is -0.830. The molecule has 1 amide bonds. The number of ether oxygens (including phenoxy) is 1. The van der Waals surface area contributed by atoms with Gasteiger partial charge in [0.05, 0.1) is 13.2 Å². The highest BCUT2D eigenvalue weighted by Crippen LogP contribution is 2.08. The number of hydrogen-bond acceptors (Lipinski definition) is 2. The van der Waals surface area contributed by atoms with Crippen molar-refractivity contribution in [2.24, 2.45) is 5.92 Å². The van der Waals surface area contributed by atoms with Crippen molar-refractivity contribution < 1.29 is 9.53 Å². The van der Waals surface area contributed by atoms with Crippen LogP contribution < -0.4 is 5.32 Å². The van der Waals surface area contributed by atoms with Gasteiger partial charge in [-0.25, -0.2) is 0 Å². The van der Waals surface area contributed by atoms with Crippen molar-refractivity contribution in [3.8, 4) is 0 Å². The van der Waals surface area contributed by atoms with Crippen LogP contribution in [0.15, 0.2) is 11.1 Å². The van der Waals surface area contributed by atoms with Crippen LogP contribution in [0.3, 0.4) is 0 Å². The maximum Gasteiger partial charge on any atom is 0.246 e. The van der Waals surface area contributed by atoms with Crippen molar-refractivity contribution in [3.05, 3.63) is 11.1 Å². The molecule has 0 spiro atoms. The van der Waals surface area contributed by atoms with Gasteiger partial charge >= 0.3 is 0 Å². The lowest BCUT2D eigenvalue weighted by Crippen LogP contribution is -2.39. The van der Waals surface area contributed by atoms with E-state index in [4.69, 9.17) is 4.74 Å². The molecule has 1 N–H and O–H groups in total. The van der Waals surface area contributed by atoms with Crippen molar-refractivity contribution in [3.63, 3.8) is 0 Å². The van der Waals surface area contributed by atoms with Crippen LogP contribution in [0.25, 0.3) is 0 Å². The fraction of sp³-hybridized carbons (Fsp3) is 0.700. The monoisotopic (exact) mass is 183 g/mol. The average molecular weight is 183 g/mol. The maximum absolute atomic E-state index is 11.4. The first-order valence-electron chi connectivity index (χ1n) is 4.61. The first-order chi connectivity index (χ1) is 6.11. The minimum Gasteiger partial charge on any atom is -0.381 e. The fourth-order valence-corrected chi connectivity index (χ4v) is 0.999. The van der Waals surface area contributed by atoms with Crippen molar-refractivity contribution in [2.75, 3.05) is 19.8 Å². The number of amides is 1. The number of rotatable bonds is 3. The second kappa shape index (κ2) is 4.42. The lowest BCUT2D eigenvalue weighted by atomic mass is 10.1. The Morgan fingerprint density at radius 2 is 2.00 bits per heavy atom. The summed E-state index contributed by atoms with van der Waals surface area (Å²) < 4.78 is 5.01. The molecule has 13 heavy (non-hydrogen) atoms. The number of hydrogen-bond donors (Lipinski definition) is 1. The molecule has 1 saturated heterocycles. The summed E-state index contributed by atoms with van der Waals surface area (Å²) in [6.07, 6.45) is 0. The molecule has 0 aromatic carbocycles. The predicted octanol–water partition coefficient (Wildman–Crippen LogP) is 1.11. The first kappa shape index (κ1) is 10.3. The van der Waals surface area contributed by atoms with Gasteiger partial charge in [0.1, 0.15) is 0 Å². The molecule has 1 rings (SSSR count). The van der Waals surface area contributed by atoms with Gasteiger partial charge in [-0.2, -0.15) is 0 Å². The van der Waals surface area contributed by atoms with Gasteiger partial charge in [-0.3, -0.25) is 4.79 Å². The minimum absolute atomic E-state index is 0.0481. The summed E-state index contributed by atoms with van der Waals surface area (Å²) in [5.74, 6) is 0.570. The van der Waals surface area contributed by atoms with Gasteiger partial charge in [0.15, 0.2) is 0 Å². The van der Waals surface area contributed by atoms with Crippen molar-refractivity contribution in [1.29, 1.82) is 0 Å². The van der Waals surface area contributed by atoms with Gasteiger partial charge in [-0.1, -0.05) is 5.57 Å². The van der Waals surface area contributed by atoms with E-state index >= 15 is 0 Å². The molecular weight excluding hydrogens is 166 g/mol. The van der Waals surface area contributed by atoms with Crippen LogP contribution in [0, 0.1) is 5.92 Å². The van der Waals surface area contributed by atoms with E-state index in [1.165, 1.54) is 0 Å². The third-order valence-corrected chi connectivity index (χ3v) is 2.35. The summed E-state index contributed by atoms with van der Waals surface area (Å²) in [6.45, 7) is 8.05. The van der Waals surface area contributed by atoms with E-state index in [-0.39, 0.29) is 5.91 Å². The van der Waals surface area contributed by atoms with Gasteiger partial charge in [0.2, 0.25) is 5.91 Å². The Morgan fingerprint density at radius 3 is 2.38 bits per heavy atom. The summed E-state index contributed by atoms with van der Waals surface area (Å²) in [4.78, 5) is 11.4. The molecule has 0 aromatic rings. The molecule has 74 valence electrons. The molecule has 1 heterocycles. The Balaban J connectivity index is 2.28. The van der Waals surface area contributed by atoms with Gasteiger partial charge < -0.3 is 10.1 Å². The van der Waals surface area contributed by atoms with Crippen LogP contribution in [-0.4, -0.2) is 25.7 Å². The van der Waals surface area contributed by atoms with Crippen LogP contribution in [0.2, 0.25) is 0 Å². The molecule has 0 atom stereocenters. The molecular formula is C10H17NO2. The third kappa shape index (κ3) is 2.84. The summed E-state index contributed by atoms with van der Waals surface area (Å²) in [5, 5.41) is 2.89. The van der Waals surface area contributed by atoms with Crippen LogP contribution >= 0.6 is 0 Å². The second-order valence-electron chi connectivity index (χ2n) is 3.74. The van der Waals surface area contributed by atoms with Crippen molar-refractivity contribution >= 4 is 5.91 Å².